The van der Waals surface area contributed by atoms with Gasteiger partial charge >= 0.3 is 0 Å². The number of aromatic nitrogens is 2. The SMILES string of the molecule is CC(C)(C)c1cccc(-n2c3ccccc3c3c4c5ccccc5n(-c5ccccc5)c4ccc32)c1. The second kappa shape index (κ2) is 7.60. The Kier molecular flexibility index (Phi) is 4.44. The second-order valence-electron chi connectivity index (χ2n) is 10.7. The van der Waals surface area contributed by atoms with Gasteiger partial charge in [-0.2, -0.15) is 0 Å². The molecule has 0 amide bonds. The van der Waals surface area contributed by atoms with Crippen molar-refractivity contribution in [3.63, 3.8) is 0 Å². The molecule has 2 heterocycles. The van der Waals surface area contributed by atoms with Crippen LogP contribution in [0.1, 0.15) is 26.3 Å². The molecule has 0 atom stereocenters. The molecule has 174 valence electrons. The molecule has 7 rings (SSSR count). The van der Waals surface area contributed by atoms with E-state index in [-0.39, 0.29) is 5.41 Å². The normalized spacial score (nSPS) is 12.3. The van der Waals surface area contributed by atoms with Crippen molar-refractivity contribution in [3.05, 3.63) is 121 Å². The van der Waals surface area contributed by atoms with Gasteiger partial charge in [0.05, 0.1) is 22.1 Å². The van der Waals surface area contributed by atoms with Crippen molar-refractivity contribution in [2.75, 3.05) is 0 Å². The first-order valence-electron chi connectivity index (χ1n) is 12.6. The van der Waals surface area contributed by atoms with Gasteiger partial charge in [-0.05, 0) is 59.5 Å². The highest BCUT2D eigenvalue weighted by Gasteiger charge is 2.21. The van der Waals surface area contributed by atoms with E-state index in [1.165, 1.54) is 60.5 Å². The summed E-state index contributed by atoms with van der Waals surface area (Å²) in [5, 5.41) is 5.20. The summed E-state index contributed by atoms with van der Waals surface area (Å²) in [5.41, 5.74) is 8.77. The average Bonchev–Trinajstić information content (AvgIpc) is 3.41. The molecule has 0 fully saturated rings. The minimum atomic E-state index is 0.0884. The van der Waals surface area contributed by atoms with E-state index in [0.29, 0.717) is 0 Å². The summed E-state index contributed by atoms with van der Waals surface area (Å²) in [6, 6.07) is 41.9. The maximum atomic E-state index is 2.44. The Balaban J connectivity index is 1.67. The third kappa shape index (κ3) is 2.97. The molecule has 0 bridgehead atoms. The minimum Gasteiger partial charge on any atom is -0.309 e. The lowest BCUT2D eigenvalue weighted by Crippen LogP contribution is -2.11. The molecule has 2 heteroatoms. The molecule has 0 radical (unpaired) electrons. The lowest BCUT2D eigenvalue weighted by Gasteiger charge is -2.20. The summed E-state index contributed by atoms with van der Waals surface area (Å²) >= 11 is 0. The number of hydrogen-bond acceptors (Lipinski definition) is 0. The van der Waals surface area contributed by atoms with Crippen LogP contribution in [0.15, 0.2) is 115 Å². The molecule has 5 aromatic carbocycles. The summed E-state index contributed by atoms with van der Waals surface area (Å²) in [6.45, 7) is 6.83. The molecule has 36 heavy (non-hydrogen) atoms. The van der Waals surface area contributed by atoms with Gasteiger partial charge in [0, 0.05) is 32.9 Å². The van der Waals surface area contributed by atoms with Gasteiger partial charge < -0.3 is 9.13 Å². The van der Waals surface area contributed by atoms with Gasteiger partial charge in [0.15, 0.2) is 0 Å². The number of para-hydroxylation sites is 3. The van der Waals surface area contributed by atoms with Crippen LogP contribution in [0.4, 0.5) is 0 Å². The lowest BCUT2D eigenvalue weighted by molar-refractivity contribution is 0.590. The van der Waals surface area contributed by atoms with Crippen LogP contribution in [0.2, 0.25) is 0 Å². The number of fused-ring (bicyclic) bond motifs is 7. The zero-order valence-corrected chi connectivity index (χ0v) is 20.9. The van der Waals surface area contributed by atoms with Crippen molar-refractivity contribution in [1.82, 2.24) is 9.13 Å². The van der Waals surface area contributed by atoms with Gasteiger partial charge in [0.1, 0.15) is 0 Å². The fourth-order valence-electron chi connectivity index (χ4n) is 5.76. The summed E-state index contributed by atoms with van der Waals surface area (Å²) in [6.07, 6.45) is 0. The van der Waals surface area contributed by atoms with Crippen LogP contribution >= 0.6 is 0 Å². The number of rotatable bonds is 2. The van der Waals surface area contributed by atoms with E-state index in [1.54, 1.807) is 0 Å². The lowest BCUT2D eigenvalue weighted by atomic mass is 9.87. The molecule has 0 unspecified atom stereocenters. The van der Waals surface area contributed by atoms with E-state index in [2.05, 4.69) is 145 Å². The molecular weight excluding hydrogens is 436 g/mol. The summed E-state index contributed by atoms with van der Waals surface area (Å²) in [5.74, 6) is 0. The number of hydrogen-bond donors (Lipinski definition) is 0. The van der Waals surface area contributed by atoms with Crippen LogP contribution in [0.5, 0.6) is 0 Å². The quantitative estimate of drug-likeness (QED) is 0.241. The Morgan fingerprint density at radius 1 is 0.444 bits per heavy atom. The smallest absolute Gasteiger partial charge is 0.0548 e. The summed E-state index contributed by atoms with van der Waals surface area (Å²) in [4.78, 5) is 0. The van der Waals surface area contributed by atoms with Crippen LogP contribution < -0.4 is 0 Å². The van der Waals surface area contributed by atoms with Crippen LogP contribution in [0.25, 0.3) is 55.0 Å². The van der Waals surface area contributed by atoms with Crippen LogP contribution in [-0.4, -0.2) is 9.13 Å². The maximum absolute atomic E-state index is 2.44. The predicted molar refractivity (Wildman–Crippen MR) is 154 cm³/mol. The first-order valence-corrected chi connectivity index (χ1v) is 12.6. The van der Waals surface area contributed by atoms with Gasteiger partial charge in [-0.15, -0.1) is 0 Å². The number of nitrogens with zero attached hydrogens (tertiary/aromatic N) is 2. The maximum Gasteiger partial charge on any atom is 0.0548 e. The molecule has 2 nitrogen and oxygen atoms in total. The molecule has 0 saturated carbocycles. The molecule has 0 N–H and O–H groups in total. The Morgan fingerprint density at radius 3 is 1.53 bits per heavy atom. The highest BCUT2D eigenvalue weighted by molar-refractivity contribution is 6.28. The Bertz CT molecular complexity index is 1910. The highest BCUT2D eigenvalue weighted by atomic mass is 15.0. The fraction of sp³-hybridized carbons (Fsp3) is 0.118. The Hall–Kier alpha value is -4.30. The molecule has 0 aliphatic heterocycles. The largest absolute Gasteiger partial charge is 0.309 e. The zero-order valence-electron chi connectivity index (χ0n) is 20.9. The highest BCUT2D eigenvalue weighted by Crippen LogP contribution is 2.42. The first kappa shape index (κ1) is 21.0. The molecule has 0 aliphatic carbocycles. The van der Waals surface area contributed by atoms with Crippen LogP contribution in [0.3, 0.4) is 0 Å². The van der Waals surface area contributed by atoms with E-state index < -0.39 is 0 Å². The van der Waals surface area contributed by atoms with Crippen molar-refractivity contribution < 1.29 is 0 Å². The fourth-order valence-corrected chi connectivity index (χ4v) is 5.76. The van der Waals surface area contributed by atoms with Gasteiger partial charge in [0.2, 0.25) is 0 Å². The first-order chi connectivity index (χ1) is 17.5. The third-order valence-corrected chi connectivity index (χ3v) is 7.46. The molecule has 0 saturated heterocycles. The second-order valence-corrected chi connectivity index (χ2v) is 10.7. The monoisotopic (exact) mass is 464 g/mol. The van der Waals surface area contributed by atoms with Crippen molar-refractivity contribution >= 4 is 43.6 Å². The van der Waals surface area contributed by atoms with Gasteiger partial charge in [0.25, 0.3) is 0 Å². The number of benzene rings is 5. The van der Waals surface area contributed by atoms with Crippen LogP contribution in [0, 0.1) is 0 Å². The molecule has 7 aromatic rings. The van der Waals surface area contributed by atoms with E-state index in [4.69, 9.17) is 0 Å². The Morgan fingerprint density at radius 2 is 0.944 bits per heavy atom. The van der Waals surface area contributed by atoms with E-state index >= 15 is 0 Å². The van der Waals surface area contributed by atoms with E-state index in [1.807, 2.05) is 0 Å². The third-order valence-electron chi connectivity index (χ3n) is 7.46. The summed E-state index contributed by atoms with van der Waals surface area (Å²) in [7, 11) is 0. The predicted octanol–water partition coefficient (Wildman–Crippen LogP) is 9.18. The van der Waals surface area contributed by atoms with Crippen molar-refractivity contribution in [2.45, 2.75) is 26.2 Å². The molecule has 0 aliphatic rings. The van der Waals surface area contributed by atoms with Crippen molar-refractivity contribution in [1.29, 1.82) is 0 Å². The Labute approximate surface area is 211 Å². The standard InChI is InChI=1S/C34H28N2/c1-34(2,3)23-12-11-15-25(22-23)36-29-19-10-8-17-27(29)33-31(36)21-20-30-32(33)26-16-7-9-18-28(26)35(30)24-13-5-4-6-14-24/h4-22H,1-3H3. The van der Waals surface area contributed by atoms with E-state index in [9.17, 15) is 0 Å². The average molecular weight is 465 g/mol. The molecule has 2 aromatic heterocycles. The zero-order chi connectivity index (χ0) is 24.4. The van der Waals surface area contributed by atoms with Crippen molar-refractivity contribution in [2.24, 2.45) is 0 Å². The van der Waals surface area contributed by atoms with Crippen molar-refractivity contribution in [3.8, 4) is 11.4 Å². The minimum absolute atomic E-state index is 0.0884. The molecule has 0 spiro atoms. The topological polar surface area (TPSA) is 9.86 Å². The van der Waals surface area contributed by atoms with Crippen LogP contribution in [-0.2, 0) is 5.41 Å². The van der Waals surface area contributed by atoms with Gasteiger partial charge in [-0.25, -0.2) is 0 Å². The summed E-state index contributed by atoms with van der Waals surface area (Å²) < 4.78 is 4.84. The molecular formula is C34H28N2. The van der Waals surface area contributed by atoms with E-state index in [0.717, 1.165) is 0 Å². The van der Waals surface area contributed by atoms with Gasteiger partial charge in [-0.3, -0.25) is 0 Å². The van der Waals surface area contributed by atoms with Gasteiger partial charge in [-0.1, -0.05) is 87.5 Å².